The first-order valence-electron chi connectivity index (χ1n) is 14.6. The van der Waals surface area contributed by atoms with Crippen molar-refractivity contribution in [2.45, 2.75) is 50.2 Å². The van der Waals surface area contributed by atoms with Crippen LogP contribution in [-0.2, 0) is 21.2 Å². The number of hydrogen-bond donors (Lipinski definition) is 3. The van der Waals surface area contributed by atoms with Gasteiger partial charge in [0.25, 0.3) is 10.0 Å². The van der Waals surface area contributed by atoms with Crippen LogP contribution in [0.25, 0.3) is 22.0 Å². The van der Waals surface area contributed by atoms with Crippen LogP contribution in [0, 0.1) is 11.6 Å². The predicted molar refractivity (Wildman–Crippen MR) is 174 cm³/mol. The molecule has 1 aliphatic rings. The van der Waals surface area contributed by atoms with Crippen molar-refractivity contribution < 1.29 is 36.6 Å². The lowest BCUT2D eigenvalue weighted by Crippen LogP contribution is -2.36. The number of sulfonamides is 1. The molecule has 3 aromatic carbocycles. The largest absolute Gasteiger partial charge is 0.494 e. The molecular formula is C32H34ClF2N5O6S. The van der Waals surface area contributed by atoms with E-state index >= 15 is 8.78 Å². The summed E-state index contributed by atoms with van der Waals surface area (Å²) < 4.78 is 71.1. The van der Waals surface area contributed by atoms with Crippen molar-refractivity contribution in [3.63, 3.8) is 0 Å². The van der Waals surface area contributed by atoms with E-state index in [9.17, 15) is 18.3 Å². The highest BCUT2D eigenvalue weighted by Gasteiger charge is 2.30. The van der Waals surface area contributed by atoms with Gasteiger partial charge in [0.2, 0.25) is 5.95 Å². The first-order chi connectivity index (χ1) is 22.1. The third-order valence-corrected chi connectivity index (χ3v) is 9.10. The second-order valence-corrected chi connectivity index (χ2v) is 14.1. The number of amides is 1. The molecule has 1 atom stereocenters. The summed E-state index contributed by atoms with van der Waals surface area (Å²) in [5.41, 5.74) is -0.413. The molecule has 0 saturated heterocycles. The average molecular weight is 690 g/mol. The zero-order chi connectivity index (χ0) is 34.3. The number of halogens is 3. The standard InChI is InChI=1S/C32H34ClF2N5O6S/c1-32(2,3)46-31(42)40(4)11-10-36-30-37-16-18-12-17(13-25(45-5)29(18)38-30)27-22(34)7-8-23(28(27)35)39-47(43,44)26-15-19(33)14-21-20(26)6-9-24(21)41/h7-8,12-16,24,39,41H,6,9-11H2,1-5H3,(H,36,37,38)/t24-/m1/s1. The summed E-state index contributed by atoms with van der Waals surface area (Å²) in [6.07, 6.45) is 0.725. The number of aromatic nitrogens is 2. The first-order valence-corrected chi connectivity index (χ1v) is 16.5. The van der Waals surface area contributed by atoms with Gasteiger partial charge in [0, 0.05) is 36.7 Å². The fourth-order valence-corrected chi connectivity index (χ4v) is 6.91. The van der Waals surface area contributed by atoms with Crippen LogP contribution in [0.15, 0.2) is 47.5 Å². The molecule has 3 N–H and O–H groups in total. The molecule has 1 aromatic heterocycles. The Balaban J connectivity index is 1.41. The normalized spacial score (nSPS) is 14.5. The second kappa shape index (κ2) is 13.1. The molecule has 15 heteroatoms. The number of aliphatic hydroxyl groups is 1. The molecule has 1 amide bonds. The van der Waals surface area contributed by atoms with Gasteiger partial charge in [0.05, 0.1) is 29.4 Å². The fourth-order valence-electron chi connectivity index (χ4n) is 5.23. The summed E-state index contributed by atoms with van der Waals surface area (Å²) in [5, 5.41) is 13.8. The van der Waals surface area contributed by atoms with Crippen molar-refractivity contribution in [1.29, 1.82) is 0 Å². The number of carbonyl (C=O) groups is 1. The molecule has 47 heavy (non-hydrogen) atoms. The van der Waals surface area contributed by atoms with Crippen LogP contribution in [0.4, 0.5) is 25.2 Å². The Bertz CT molecular complexity index is 1970. The number of likely N-dealkylation sites (N-methyl/N-ethyl adjacent to an activating group) is 1. The summed E-state index contributed by atoms with van der Waals surface area (Å²) in [7, 11) is -1.40. The van der Waals surface area contributed by atoms with Crippen molar-refractivity contribution in [3.8, 4) is 16.9 Å². The fraction of sp³-hybridized carbons (Fsp3) is 0.344. The lowest BCUT2D eigenvalue weighted by molar-refractivity contribution is 0.0305. The Morgan fingerprint density at radius 1 is 1.19 bits per heavy atom. The van der Waals surface area contributed by atoms with E-state index in [1.807, 2.05) is 0 Å². The minimum absolute atomic E-state index is 0.0560. The van der Waals surface area contributed by atoms with Gasteiger partial charge in [-0.15, -0.1) is 0 Å². The van der Waals surface area contributed by atoms with E-state index < -0.39 is 50.7 Å². The molecule has 0 spiro atoms. The van der Waals surface area contributed by atoms with Gasteiger partial charge in [-0.1, -0.05) is 11.6 Å². The van der Waals surface area contributed by atoms with Gasteiger partial charge in [-0.2, -0.15) is 0 Å². The van der Waals surface area contributed by atoms with Gasteiger partial charge < -0.3 is 24.8 Å². The van der Waals surface area contributed by atoms with Gasteiger partial charge in [0.15, 0.2) is 5.82 Å². The molecule has 1 aliphatic carbocycles. The van der Waals surface area contributed by atoms with E-state index in [1.54, 1.807) is 27.8 Å². The zero-order valence-corrected chi connectivity index (χ0v) is 27.9. The summed E-state index contributed by atoms with van der Waals surface area (Å²) in [5.74, 6) is -1.67. The molecule has 0 saturated carbocycles. The van der Waals surface area contributed by atoms with Crippen LogP contribution in [0.1, 0.15) is 44.4 Å². The lowest BCUT2D eigenvalue weighted by atomic mass is 10.0. The first kappa shape index (κ1) is 34.1. The Morgan fingerprint density at radius 3 is 2.64 bits per heavy atom. The Hall–Kier alpha value is -4.27. The van der Waals surface area contributed by atoms with Crippen molar-refractivity contribution in [2.24, 2.45) is 0 Å². The molecule has 11 nitrogen and oxygen atoms in total. The number of nitrogens with zero attached hydrogens (tertiary/aromatic N) is 3. The number of rotatable bonds is 9. The molecule has 250 valence electrons. The van der Waals surface area contributed by atoms with E-state index in [2.05, 4.69) is 20.0 Å². The molecule has 5 rings (SSSR count). The molecule has 1 heterocycles. The number of carbonyl (C=O) groups excluding carboxylic acids is 1. The minimum Gasteiger partial charge on any atom is -0.494 e. The maximum atomic E-state index is 16.0. The van der Waals surface area contributed by atoms with Gasteiger partial charge in [0.1, 0.15) is 22.7 Å². The van der Waals surface area contributed by atoms with Crippen LogP contribution in [-0.4, -0.2) is 67.3 Å². The Labute approximate surface area is 275 Å². The maximum absolute atomic E-state index is 16.0. The monoisotopic (exact) mass is 689 g/mol. The SMILES string of the molecule is COc1cc(-c2c(F)ccc(NS(=O)(=O)c3cc(Cl)cc4c3CC[C@H]4O)c2F)cc2cnc(NCCN(C)C(=O)OC(C)(C)C)nc12. The van der Waals surface area contributed by atoms with E-state index in [4.69, 9.17) is 21.1 Å². The van der Waals surface area contributed by atoms with Crippen LogP contribution in [0.5, 0.6) is 5.75 Å². The van der Waals surface area contributed by atoms with E-state index in [-0.39, 0.29) is 27.2 Å². The third kappa shape index (κ3) is 7.34. The highest BCUT2D eigenvalue weighted by Crippen LogP contribution is 2.40. The zero-order valence-electron chi connectivity index (χ0n) is 26.3. The number of anilines is 2. The topological polar surface area (TPSA) is 143 Å². The molecule has 0 unspecified atom stereocenters. The van der Waals surface area contributed by atoms with Crippen LogP contribution < -0.4 is 14.8 Å². The van der Waals surface area contributed by atoms with Crippen LogP contribution in [0.2, 0.25) is 5.02 Å². The summed E-state index contributed by atoms with van der Waals surface area (Å²) in [4.78, 5) is 22.2. The molecule has 0 aliphatic heterocycles. The smallest absolute Gasteiger partial charge is 0.410 e. The van der Waals surface area contributed by atoms with Gasteiger partial charge in [-0.3, -0.25) is 4.72 Å². The quantitative estimate of drug-likeness (QED) is 0.185. The van der Waals surface area contributed by atoms with Crippen molar-refractivity contribution in [2.75, 3.05) is 37.3 Å². The molecule has 0 bridgehead atoms. The highest BCUT2D eigenvalue weighted by atomic mass is 35.5. The van der Waals surface area contributed by atoms with Gasteiger partial charge >= 0.3 is 6.09 Å². The van der Waals surface area contributed by atoms with Crippen molar-refractivity contribution in [1.82, 2.24) is 14.9 Å². The van der Waals surface area contributed by atoms with Gasteiger partial charge in [-0.25, -0.2) is 32.0 Å². The minimum atomic E-state index is -4.39. The molecule has 0 radical (unpaired) electrons. The lowest BCUT2D eigenvalue weighted by Gasteiger charge is -2.24. The second-order valence-electron chi connectivity index (χ2n) is 12.1. The van der Waals surface area contributed by atoms with Crippen LogP contribution >= 0.6 is 11.6 Å². The number of fused-ring (bicyclic) bond motifs is 2. The number of benzene rings is 3. The Morgan fingerprint density at radius 2 is 1.94 bits per heavy atom. The number of hydrogen-bond acceptors (Lipinski definition) is 9. The summed E-state index contributed by atoms with van der Waals surface area (Å²) >= 11 is 6.14. The average Bonchev–Trinajstić information content (AvgIpc) is 3.36. The van der Waals surface area contributed by atoms with E-state index in [0.717, 1.165) is 12.1 Å². The van der Waals surface area contributed by atoms with Crippen LogP contribution in [0.3, 0.4) is 0 Å². The summed E-state index contributed by atoms with van der Waals surface area (Å²) in [6.45, 7) is 5.94. The predicted octanol–water partition coefficient (Wildman–Crippen LogP) is 6.30. The van der Waals surface area contributed by atoms with E-state index in [0.29, 0.717) is 48.0 Å². The maximum Gasteiger partial charge on any atom is 0.410 e. The van der Waals surface area contributed by atoms with Gasteiger partial charge in [-0.05, 0) is 86.7 Å². The third-order valence-electron chi connectivity index (χ3n) is 7.45. The number of nitrogens with one attached hydrogen (secondary N) is 2. The number of aliphatic hydroxyl groups excluding tert-OH is 1. The molecular weight excluding hydrogens is 656 g/mol. The Kier molecular flexibility index (Phi) is 9.49. The number of methoxy groups -OCH3 is 1. The van der Waals surface area contributed by atoms with E-state index in [1.165, 1.54) is 42.5 Å². The number of ether oxygens (including phenoxy) is 2. The summed E-state index contributed by atoms with van der Waals surface area (Å²) in [6, 6.07) is 7.54. The molecule has 0 fully saturated rings. The van der Waals surface area contributed by atoms with Crippen molar-refractivity contribution >= 4 is 50.3 Å². The highest BCUT2D eigenvalue weighted by molar-refractivity contribution is 7.92. The molecule has 4 aromatic rings. The van der Waals surface area contributed by atoms with Crippen molar-refractivity contribution in [3.05, 3.63) is 70.4 Å².